The van der Waals surface area contributed by atoms with Crippen molar-refractivity contribution in [2.24, 2.45) is 0 Å². The van der Waals surface area contributed by atoms with E-state index < -0.39 is 0 Å². The molecule has 0 aliphatic carbocycles. The number of ether oxygens (including phenoxy) is 2. The number of aromatic amines is 1. The van der Waals surface area contributed by atoms with Crippen LogP contribution < -0.4 is 4.74 Å². The lowest BCUT2D eigenvalue weighted by Crippen LogP contribution is -2.25. The first-order chi connectivity index (χ1) is 10.7. The molecule has 1 fully saturated rings. The lowest BCUT2D eigenvalue weighted by Gasteiger charge is -2.22. The standard InChI is InChI=1S/C16H22N4O2/c1-11-6-12(4-5-15(11)22-3)8-20-9-13(21-2)7-14(20)16-17-10-18-19-16/h4-6,10,13-14H,7-9H2,1-3H3,(H,17,18,19)/t13-,14+/m1/s1. The minimum Gasteiger partial charge on any atom is -0.496 e. The van der Waals surface area contributed by atoms with E-state index in [2.05, 4.69) is 39.1 Å². The Kier molecular flexibility index (Phi) is 4.40. The topological polar surface area (TPSA) is 63.3 Å². The molecule has 6 heteroatoms. The number of benzene rings is 1. The Balaban J connectivity index is 1.78. The van der Waals surface area contributed by atoms with Gasteiger partial charge in [-0.3, -0.25) is 10.00 Å². The van der Waals surface area contributed by atoms with Crippen molar-refractivity contribution in [2.45, 2.75) is 32.0 Å². The van der Waals surface area contributed by atoms with Crippen LogP contribution in [0.2, 0.25) is 0 Å². The number of rotatable bonds is 5. The van der Waals surface area contributed by atoms with Crippen molar-refractivity contribution >= 4 is 0 Å². The van der Waals surface area contributed by atoms with Crippen LogP contribution in [0.25, 0.3) is 0 Å². The average Bonchev–Trinajstić information content (AvgIpc) is 3.16. The molecule has 0 unspecified atom stereocenters. The van der Waals surface area contributed by atoms with Gasteiger partial charge in [-0.05, 0) is 30.5 Å². The van der Waals surface area contributed by atoms with Crippen LogP contribution in [0.4, 0.5) is 0 Å². The van der Waals surface area contributed by atoms with E-state index >= 15 is 0 Å². The zero-order valence-electron chi connectivity index (χ0n) is 13.2. The molecule has 2 heterocycles. The van der Waals surface area contributed by atoms with Crippen LogP contribution in [0, 0.1) is 6.92 Å². The van der Waals surface area contributed by atoms with E-state index in [0.717, 1.165) is 36.6 Å². The SMILES string of the molecule is COc1ccc(CN2C[C@H](OC)C[C@H]2c2ncn[nH]2)cc1C. The highest BCUT2D eigenvalue weighted by Crippen LogP contribution is 2.33. The molecule has 22 heavy (non-hydrogen) atoms. The molecule has 1 aromatic heterocycles. The number of aromatic nitrogens is 3. The number of likely N-dealkylation sites (tertiary alicyclic amines) is 1. The highest BCUT2D eigenvalue weighted by Gasteiger charge is 2.34. The fourth-order valence-electron chi connectivity index (χ4n) is 3.14. The first-order valence-electron chi connectivity index (χ1n) is 7.47. The summed E-state index contributed by atoms with van der Waals surface area (Å²) in [5, 5.41) is 6.97. The van der Waals surface area contributed by atoms with Crippen LogP contribution in [0.5, 0.6) is 5.75 Å². The minimum atomic E-state index is 0.217. The van der Waals surface area contributed by atoms with Crippen molar-refractivity contribution in [3.63, 3.8) is 0 Å². The van der Waals surface area contributed by atoms with Gasteiger partial charge in [-0.1, -0.05) is 12.1 Å². The fraction of sp³-hybridized carbons (Fsp3) is 0.500. The van der Waals surface area contributed by atoms with Gasteiger partial charge in [-0.25, -0.2) is 4.98 Å². The maximum Gasteiger partial charge on any atom is 0.141 e. The van der Waals surface area contributed by atoms with Crippen molar-refractivity contribution < 1.29 is 9.47 Å². The van der Waals surface area contributed by atoms with Gasteiger partial charge in [-0.2, -0.15) is 5.10 Å². The number of nitrogens with one attached hydrogen (secondary N) is 1. The monoisotopic (exact) mass is 302 g/mol. The molecule has 2 atom stereocenters. The molecule has 0 saturated carbocycles. The predicted octanol–water partition coefficient (Wildman–Crippen LogP) is 2.08. The summed E-state index contributed by atoms with van der Waals surface area (Å²) >= 11 is 0. The molecule has 0 bridgehead atoms. The van der Waals surface area contributed by atoms with Crippen molar-refractivity contribution in [1.29, 1.82) is 0 Å². The Morgan fingerprint density at radius 2 is 2.23 bits per heavy atom. The highest BCUT2D eigenvalue weighted by atomic mass is 16.5. The zero-order chi connectivity index (χ0) is 15.5. The minimum absolute atomic E-state index is 0.217. The molecular weight excluding hydrogens is 280 g/mol. The fourth-order valence-corrected chi connectivity index (χ4v) is 3.14. The summed E-state index contributed by atoms with van der Waals surface area (Å²) in [6.45, 7) is 3.82. The Bertz CT molecular complexity index is 615. The zero-order valence-corrected chi connectivity index (χ0v) is 13.2. The van der Waals surface area contributed by atoms with E-state index in [-0.39, 0.29) is 12.1 Å². The van der Waals surface area contributed by atoms with E-state index in [0.29, 0.717) is 0 Å². The summed E-state index contributed by atoms with van der Waals surface area (Å²) in [5.74, 6) is 1.83. The first-order valence-corrected chi connectivity index (χ1v) is 7.47. The van der Waals surface area contributed by atoms with E-state index in [1.807, 2.05) is 6.07 Å². The molecule has 0 spiro atoms. The quantitative estimate of drug-likeness (QED) is 0.916. The van der Waals surface area contributed by atoms with Gasteiger partial charge in [-0.15, -0.1) is 0 Å². The van der Waals surface area contributed by atoms with Gasteiger partial charge in [0.1, 0.15) is 17.9 Å². The predicted molar refractivity (Wildman–Crippen MR) is 82.7 cm³/mol. The van der Waals surface area contributed by atoms with Gasteiger partial charge in [0.2, 0.25) is 0 Å². The molecule has 2 aromatic rings. The van der Waals surface area contributed by atoms with Crippen LogP contribution in [0.15, 0.2) is 24.5 Å². The summed E-state index contributed by atoms with van der Waals surface area (Å²) in [5.41, 5.74) is 2.42. The van der Waals surface area contributed by atoms with Crippen LogP contribution in [-0.4, -0.2) is 46.9 Å². The Labute approximate surface area is 130 Å². The number of nitrogens with zero attached hydrogens (tertiary/aromatic N) is 3. The molecule has 6 nitrogen and oxygen atoms in total. The van der Waals surface area contributed by atoms with Gasteiger partial charge in [0.15, 0.2) is 0 Å². The third kappa shape index (κ3) is 2.98. The molecule has 118 valence electrons. The van der Waals surface area contributed by atoms with Crippen LogP contribution in [0.3, 0.4) is 0 Å². The van der Waals surface area contributed by atoms with E-state index in [1.165, 1.54) is 5.56 Å². The molecule has 0 amide bonds. The summed E-state index contributed by atoms with van der Waals surface area (Å²) < 4.78 is 10.9. The smallest absolute Gasteiger partial charge is 0.141 e. The molecule has 1 N–H and O–H groups in total. The van der Waals surface area contributed by atoms with Gasteiger partial charge < -0.3 is 9.47 Å². The second-order valence-corrected chi connectivity index (χ2v) is 5.71. The largest absolute Gasteiger partial charge is 0.496 e. The number of methoxy groups -OCH3 is 2. The van der Waals surface area contributed by atoms with E-state index in [9.17, 15) is 0 Å². The number of aryl methyl sites for hydroxylation is 1. The van der Waals surface area contributed by atoms with E-state index in [1.54, 1.807) is 20.5 Å². The maximum atomic E-state index is 5.54. The Morgan fingerprint density at radius 1 is 1.36 bits per heavy atom. The van der Waals surface area contributed by atoms with Crippen LogP contribution in [-0.2, 0) is 11.3 Å². The normalized spacial score (nSPS) is 22.1. The summed E-state index contributed by atoms with van der Waals surface area (Å²) in [4.78, 5) is 6.70. The summed E-state index contributed by atoms with van der Waals surface area (Å²) in [6.07, 6.45) is 2.72. The first kappa shape index (κ1) is 15.0. The molecule has 1 aromatic carbocycles. The van der Waals surface area contributed by atoms with Crippen molar-refractivity contribution in [3.8, 4) is 5.75 Å². The molecular formula is C16H22N4O2. The lowest BCUT2D eigenvalue weighted by atomic mass is 10.1. The van der Waals surface area contributed by atoms with Crippen molar-refractivity contribution in [2.75, 3.05) is 20.8 Å². The van der Waals surface area contributed by atoms with Crippen LogP contribution in [0.1, 0.15) is 29.4 Å². The molecule has 1 aliphatic rings. The Hall–Kier alpha value is -1.92. The molecule has 3 rings (SSSR count). The number of H-pyrrole nitrogens is 1. The highest BCUT2D eigenvalue weighted by molar-refractivity contribution is 5.36. The van der Waals surface area contributed by atoms with E-state index in [4.69, 9.17) is 9.47 Å². The van der Waals surface area contributed by atoms with Gasteiger partial charge in [0.05, 0.1) is 19.3 Å². The molecule has 1 aliphatic heterocycles. The lowest BCUT2D eigenvalue weighted by molar-refractivity contribution is 0.107. The third-order valence-corrected chi connectivity index (χ3v) is 4.29. The molecule has 1 saturated heterocycles. The second kappa shape index (κ2) is 6.46. The van der Waals surface area contributed by atoms with Crippen molar-refractivity contribution in [3.05, 3.63) is 41.5 Å². The summed E-state index contributed by atoms with van der Waals surface area (Å²) in [7, 11) is 3.47. The van der Waals surface area contributed by atoms with Gasteiger partial charge in [0, 0.05) is 20.2 Å². The number of hydrogen-bond acceptors (Lipinski definition) is 5. The van der Waals surface area contributed by atoms with Crippen LogP contribution >= 0.6 is 0 Å². The second-order valence-electron chi connectivity index (χ2n) is 5.71. The average molecular weight is 302 g/mol. The maximum absolute atomic E-state index is 5.54. The van der Waals surface area contributed by atoms with Gasteiger partial charge >= 0.3 is 0 Å². The Morgan fingerprint density at radius 3 is 2.86 bits per heavy atom. The third-order valence-electron chi connectivity index (χ3n) is 4.29. The van der Waals surface area contributed by atoms with Crippen molar-refractivity contribution in [1.82, 2.24) is 20.1 Å². The van der Waals surface area contributed by atoms with Gasteiger partial charge in [0.25, 0.3) is 0 Å². The molecule has 0 radical (unpaired) electrons. The number of hydrogen-bond donors (Lipinski definition) is 1. The summed E-state index contributed by atoms with van der Waals surface area (Å²) in [6, 6.07) is 6.53.